The van der Waals surface area contributed by atoms with Crippen LogP contribution in [0.15, 0.2) is 95.7 Å². The molecule has 2 aliphatic rings. The lowest BCUT2D eigenvalue weighted by atomic mass is 9.93. The quantitative estimate of drug-likeness (QED) is 0.0476. The zero-order valence-corrected chi connectivity index (χ0v) is 39.8. The van der Waals surface area contributed by atoms with Crippen molar-refractivity contribution in [1.82, 2.24) is 4.72 Å². The standard InChI is InChI=1S/C45H51N3O12S4/c1-9-11-14-31(10-2)24-46-61(49,50)39-16-13-12-15-34(39)41-33-18-17-32(47-42-25(3)19-27(5)44(29(42)7)63(54,55)56)21-37(33)60-38-23-36(40(22-35(38)41)62(51,52)53)48-43-26(4)20-28(6)45(30(43)8)64(57,58)59/h12-13,15-23,31,46-47H,9-11,14,24H2,1-8H3,(H,51,52,53)(H,54,55,56)(H,57,58,59)/b48-36+. The Bertz CT molecular complexity index is 3340. The molecule has 1 unspecified atom stereocenters. The summed E-state index contributed by atoms with van der Waals surface area (Å²) in [6.07, 6.45) is 3.46. The van der Waals surface area contributed by atoms with Gasteiger partial charge in [0.15, 0.2) is 0 Å². The molecule has 15 nitrogen and oxygen atoms in total. The fourth-order valence-electron chi connectivity index (χ4n) is 8.47. The number of nitrogens with one attached hydrogen (secondary N) is 2. The van der Waals surface area contributed by atoms with Crippen molar-refractivity contribution in [1.29, 1.82) is 0 Å². The van der Waals surface area contributed by atoms with Crippen LogP contribution in [-0.4, -0.2) is 53.9 Å². The van der Waals surface area contributed by atoms with Crippen molar-refractivity contribution in [3.8, 4) is 22.5 Å². The molecule has 0 saturated heterocycles. The van der Waals surface area contributed by atoms with Gasteiger partial charge in [0.1, 0.15) is 26.0 Å². The smallest absolute Gasteiger partial charge is 0.296 e. The molecule has 5 N–H and O–H groups in total. The molecule has 0 fully saturated rings. The molecule has 4 aromatic rings. The van der Waals surface area contributed by atoms with E-state index < -0.39 is 50.2 Å². The van der Waals surface area contributed by atoms with E-state index in [-0.39, 0.29) is 78.0 Å². The first-order chi connectivity index (χ1) is 29.8. The van der Waals surface area contributed by atoms with Crippen molar-refractivity contribution < 1.29 is 51.7 Å². The maximum Gasteiger partial charge on any atom is 0.296 e. The van der Waals surface area contributed by atoms with Gasteiger partial charge < -0.3 is 9.73 Å². The molecule has 1 aliphatic carbocycles. The number of nitrogens with zero attached hydrogens (tertiary/aromatic N) is 1. The molecule has 0 spiro atoms. The van der Waals surface area contributed by atoms with E-state index in [4.69, 9.17) is 4.42 Å². The summed E-state index contributed by atoms with van der Waals surface area (Å²) in [5.41, 5.74) is 3.28. The number of rotatable bonds is 15. The van der Waals surface area contributed by atoms with E-state index in [0.717, 1.165) is 31.7 Å². The van der Waals surface area contributed by atoms with Crippen molar-refractivity contribution in [2.45, 2.75) is 101 Å². The van der Waals surface area contributed by atoms with Crippen LogP contribution >= 0.6 is 0 Å². The summed E-state index contributed by atoms with van der Waals surface area (Å²) >= 11 is 0. The molecular formula is C45H51N3O12S4. The average Bonchev–Trinajstić information content (AvgIpc) is 3.18. The normalized spacial score (nSPS) is 13.5. The fourth-order valence-corrected chi connectivity index (χ4v) is 12.3. The van der Waals surface area contributed by atoms with Gasteiger partial charge in [-0.05, 0) is 112 Å². The van der Waals surface area contributed by atoms with Gasteiger partial charge >= 0.3 is 0 Å². The molecule has 0 amide bonds. The zero-order chi connectivity index (χ0) is 47.3. The Labute approximate surface area is 374 Å². The minimum Gasteiger partial charge on any atom is -0.456 e. The zero-order valence-electron chi connectivity index (χ0n) is 36.6. The van der Waals surface area contributed by atoms with Gasteiger partial charge in [-0.15, -0.1) is 0 Å². The number of sulfonamides is 1. The van der Waals surface area contributed by atoms with Gasteiger partial charge in [-0.25, -0.2) is 18.1 Å². The van der Waals surface area contributed by atoms with Crippen LogP contribution in [0, 0.1) is 47.5 Å². The highest BCUT2D eigenvalue weighted by atomic mass is 32.2. The Hall–Kier alpha value is -4.99. The van der Waals surface area contributed by atoms with E-state index in [1.165, 1.54) is 32.0 Å². The van der Waals surface area contributed by atoms with Gasteiger partial charge in [0, 0.05) is 52.1 Å². The molecule has 1 aliphatic heterocycles. The third-order valence-electron chi connectivity index (χ3n) is 11.4. The van der Waals surface area contributed by atoms with Crippen LogP contribution in [0.2, 0.25) is 0 Å². The number of aryl methyl sites for hydroxylation is 4. The van der Waals surface area contributed by atoms with Crippen LogP contribution in [0.3, 0.4) is 0 Å². The Morgan fingerprint density at radius 2 is 1.30 bits per heavy atom. The highest BCUT2D eigenvalue weighted by Gasteiger charge is 2.29. The largest absolute Gasteiger partial charge is 0.456 e. The molecule has 0 saturated carbocycles. The van der Waals surface area contributed by atoms with E-state index in [1.807, 2.05) is 6.92 Å². The Morgan fingerprint density at radius 1 is 0.672 bits per heavy atom. The van der Waals surface area contributed by atoms with Crippen LogP contribution in [0.5, 0.6) is 0 Å². The summed E-state index contributed by atoms with van der Waals surface area (Å²) in [5.74, 6) is 0.0542. The Kier molecular flexibility index (Phi) is 13.7. The van der Waals surface area contributed by atoms with Crippen molar-refractivity contribution in [3.63, 3.8) is 0 Å². The number of hydrogen-bond donors (Lipinski definition) is 5. The summed E-state index contributed by atoms with van der Waals surface area (Å²) in [6, 6.07) is 16.4. The topological polar surface area (TPSA) is 247 Å². The van der Waals surface area contributed by atoms with Crippen molar-refractivity contribution in [2.75, 3.05) is 11.9 Å². The third-order valence-corrected chi connectivity index (χ3v) is 16.1. The maximum absolute atomic E-state index is 14.3. The Balaban J connectivity index is 1.70. The lowest BCUT2D eigenvalue weighted by Crippen LogP contribution is -2.29. The summed E-state index contributed by atoms with van der Waals surface area (Å²) in [6.45, 7) is 13.6. The van der Waals surface area contributed by atoms with E-state index in [0.29, 0.717) is 33.5 Å². The van der Waals surface area contributed by atoms with Gasteiger partial charge in [-0.3, -0.25) is 13.7 Å². The van der Waals surface area contributed by atoms with Crippen LogP contribution in [0.4, 0.5) is 17.1 Å². The van der Waals surface area contributed by atoms with Crippen LogP contribution in [-0.2, 0) is 40.4 Å². The van der Waals surface area contributed by atoms with Gasteiger partial charge in [-0.2, -0.15) is 25.3 Å². The molecule has 0 aromatic heterocycles. The van der Waals surface area contributed by atoms with Crippen LogP contribution in [0.1, 0.15) is 72.9 Å². The second kappa shape index (κ2) is 18.1. The molecule has 1 atom stereocenters. The molecule has 1 heterocycles. The SMILES string of the molecule is CCCCC(CC)CNS(=O)(=O)c1ccccc1-c1c2cc(S(=O)(=O)O)/c(=N/c3c(C)cc(C)c(S(=O)(=O)O)c3C)cc-2oc2cc(Nc3c(C)cc(C)c(S(=O)(=O)O)c3C)ccc12. The molecule has 6 rings (SSSR count). The van der Waals surface area contributed by atoms with Gasteiger partial charge in [0.2, 0.25) is 10.0 Å². The molecule has 0 bridgehead atoms. The molecule has 19 heteroatoms. The van der Waals surface area contributed by atoms with E-state index in [9.17, 15) is 47.3 Å². The first-order valence-corrected chi connectivity index (χ1v) is 26.2. The highest BCUT2D eigenvalue weighted by Crippen LogP contribution is 2.44. The fraction of sp³-hybridized carbons (Fsp3) is 0.311. The minimum atomic E-state index is -5.11. The third kappa shape index (κ3) is 9.81. The second-order valence-electron chi connectivity index (χ2n) is 16.1. The van der Waals surface area contributed by atoms with Crippen LogP contribution < -0.4 is 15.4 Å². The summed E-state index contributed by atoms with van der Waals surface area (Å²) in [7, 11) is -18.7. The van der Waals surface area contributed by atoms with Crippen molar-refractivity contribution in [2.24, 2.45) is 10.9 Å². The van der Waals surface area contributed by atoms with E-state index in [2.05, 4.69) is 22.0 Å². The molecule has 64 heavy (non-hydrogen) atoms. The first-order valence-electron chi connectivity index (χ1n) is 20.4. The summed E-state index contributed by atoms with van der Waals surface area (Å²) < 4.78 is 145. The predicted molar refractivity (Wildman–Crippen MR) is 246 cm³/mol. The summed E-state index contributed by atoms with van der Waals surface area (Å²) in [4.78, 5) is 3.04. The van der Waals surface area contributed by atoms with Gasteiger partial charge in [-0.1, -0.05) is 63.4 Å². The number of fused-ring (bicyclic) bond motifs is 2. The number of unbranched alkanes of at least 4 members (excludes halogenated alkanes) is 1. The maximum atomic E-state index is 14.3. The van der Waals surface area contributed by atoms with Crippen LogP contribution in [0.25, 0.3) is 33.4 Å². The number of hydrogen-bond acceptors (Lipinski definition) is 11. The van der Waals surface area contributed by atoms with E-state index in [1.54, 1.807) is 70.2 Å². The molecule has 0 radical (unpaired) electrons. The highest BCUT2D eigenvalue weighted by molar-refractivity contribution is 7.89. The van der Waals surface area contributed by atoms with Crippen molar-refractivity contribution in [3.05, 3.63) is 105 Å². The number of anilines is 2. The monoisotopic (exact) mass is 953 g/mol. The summed E-state index contributed by atoms with van der Waals surface area (Å²) in [5, 5.41) is 3.19. The first kappa shape index (κ1) is 48.5. The molecule has 4 aromatic carbocycles. The van der Waals surface area contributed by atoms with Gasteiger partial charge in [0.25, 0.3) is 30.4 Å². The second-order valence-corrected chi connectivity index (χ2v) is 21.9. The predicted octanol–water partition coefficient (Wildman–Crippen LogP) is 9.27. The average molecular weight is 954 g/mol. The Morgan fingerprint density at radius 3 is 1.91 bits per heavy atom. The van der Waals surface area contributed by atoms with Crippen molar-refractivity contribution >= 4 is 68.4 Å². The van der Waals surface area contributed by atoms with E-state index >= 15 is 0 Å². The van der Waals surface area contributed by atoms with Gasteiger partial charge in [0.05, 0.1) is 15.9 Å². The lowest BCUT2D eigenvalue weighted by molar-refractivity contribution is 0.444. The molecular weight excluding hydrogens is 903 g/mol. The number of benzene rings is 5. The lowest BCUT2D eigenvalue weighted by Gasteiger charge is -2.21. The molecule has 342 valence electrons. The minimum absolute atomic E-state index is 0.00472.